The van der Waals surface area contributed by atoms with Gasteiger partial charge in [-0.25, -0.2) is 14.6 Å². The fourth-order valence-electron chi connectivity index (χ4n) is 3.99. The van der Waals surface area contributed by atoms with Gasteiger partial charge in [-0.1, -0.05) is 6.58 Å². The summed E-state index contributed by atoms with van der Waals surface area (Å²) in [7, 11) is -3.86. The van der Waals surface area contributed by atoms with Crippen molar-refractivity contribution in [3.63, 3.8) is 0 Å². The number of aromatic amines is 1. The van der Waals surface area contributed by atoms with E-state index in [9.17, 15) is 14.2 Å². The average molecular weight is 482 g/mol. The number of H-pyrrole nitrogens is 1. The number of imidazole rings is 1. The van der Waals surface area contributed by atoms with Gasteiger partial charge >= 0.3 is 13.7 Å². The van der Waals surface area contributed by atoms with E-state index < -0.39 is 25.3 Å². The maximum atomic E-state index is 13.1. The Bertz CT molecular complexity index is 1180. The van der Waals surface area contributed by atoms with Crippen molar-refractivity contribution in [3.05, 3.63) is 28.8 Å². The molecule has 2 aromatic heterocycles. The molecule has 2 aliphatic rings. The molecule has 2 aromatic rings. The molecule has 1 saturated carbocycles. The van der Waals surface area contributed by atoms with E-state index in [2.05, 4.69) is 26.6 Å². The van der Waals surface area contributed by atoms with Crippen LogP contribution in [-0.2, 0) is 27.9 Å². The van der Waals surface area contributed by atoms with Crippen LogP contribution in [0.15, 0.2) is 23.3 Å². The van der Waals surface area contributed by atoms with Gasteiger partial charge in [-0.15, -0.1) is 0 Å². The minimum absolute atomic E-state index is 0.0149. The monoisotopic (exact) mass is 482 g/mol. The number of rotatable bonds is 5. The quantitative estimate of drug-likeness (QED) is 0.318. The predicted octanol–water partition coefficient (Wildman–Crippen LogP) is 1.25. The number of hydrogen-bond acceptors (Lipinski definition) is 10. The number of aromatic nitrogens is 4. The van der Waals surface area contributed by atoms with Crippen molar-refractivity contribution >= 4 is 30.8 Å². The lowest BCUT2D eigenvalue weighted by molar-refractivity contribution is -0.149. The number of fused-ring (bicyclic) bond motifs is 2. The van der Waals surface area contributed by atoms with Gasteiger partial charge in [0.2, 0.25) is 5.95 Å². The first-order valence-corrected chi connectivity index (χ1v) is 12.0. The van der Waals surface area contributed by atoms with Gasteiger partial charge in [0.25, 0.3) is 5.56 Å². The molecule has 1 saturated heterocycles. The van der Waals surface area contributed by atoms with Crippen LogP contribution < -0.4 is 16.4 Å². The van der Waals surface area contributed by atoms with Gasteiger partial charge in [-0.3, -0.25) is 23.6 Å². The summed E-state index contributed by atoms with van der Waals surface area (Å²) in [6, 6.07) is -1.22. The average Bonchev–Trinajstić information content (AvgIpc) is 3.25. The molecule has 1 aliphatic carbocycles. The smallest absolute Gasteiger partial charge is 0.408 e. The largest absolute Gasteiger partial charge is 0.462 e. The van der Waals surface area contributed by atoms with Crippen LogP contribution in [0, 0.1) is 5.92 Å². The van der Waals surface area contributed by atoms with Crippen molar-refractivity contribution in [2.24, 2.45) is 5.92 Å². The van der Waals surface area contributed by atoms with Crippen molar-refractivity contribution in [1.82, 2.24) is 24.6 Å². The number of anilines is 1. The molecule has 33 heavy (non-hydrogen) atoms. The maximum absolute atomic E-state index is 13.1. The fourth-order valence-corrected chi connectivity index (χ4v) is 5.35. The van der Waals surface area contributed by atoms with Gasteiger partial charge in [-0.05, 0) is 32.8 Å². The molecular weight excluding hydrogens is 455 g/mol. The molecule has 0 bridgehead atoms. The molecule has 14 heteroatoms. The van der Waals surface area contributed by atoms with E-state index in [1.54, 1.807) is 18.4 Å². The topological polar surface area (TPSA) is 173 Å². The lowest BCUT2D eigenvalue weighted by Crippen LogP contribution is -2.37. The third-order valence-electron chi connectivity index (χ3n) is 5.58. The number of ether oxygens (including phenoxy) is 2. The first-order valence-electron chi connectivity index (χ1n) is 10.5. The van der Waals surface area contributed by atoms with E-state index in [1.807, 2.05) is 0 Å². The normalized spacial score (nSPS) is 29.0. The van der Waals surface area contributed by atoms with Crippen LogP contribution >= 0.6 is 7.75 Å². The molecule has 180 valence electrons. The Balaban J connectivity index is 1.50. The Morgan fingerprint density at radius 2 is 2.18 bits per heavy atom. The van der Waals surface area contributed by atoms with Gasteiger partial charge in [-0.2, -0.15) is 4.98 Å². The zero-order valence-electron chi connectivity index (χ0n) is 18.5. The van der Waals surface area contributed by atoms with Gasteiger partial charge in [0.1, 0.15) is 6.04 Å². The van der Waals surface area contributed by atoms with Crippen molar-refractivity contribution in [3.8, 4) is 0 Å². The van der Waals surface area contributed by atoms with Gasteiger partial charge in [0, 0.05) is 5.92 Å². The highest BCUT2D eigenvalue weighted by Crippen LogP contribution is 2.50. The van der Waals surface area contributed by atoms with E-state index in [1.165, 1.54) is 13.3 Å². The number of nitrogen functional groups attached to an aromatic ring is 1. The second-order valence-electron chi connectivity index (χ2n) is 8.29. The van der Waals surface area contributed by atoms with Gasteiger partial charge in [0.15, 0.2) is 18.0 Å². The summed E-state index contributed by atoms with van der Waals surface area (Å²) < 4.78 is 36.8. The van der Waals surface area contributed by atoms with Crippen molar-refractivity contribution in [2.75, 3.05) is 19.1 Å². The standard InChI is InChI=1S/C19H27N6O7P/c1-9(2)32-18(27)11(4)24-33(28)30-6-12-10(3)13(5-14(12)29-8-31-33)25-7-21-15-16(25)22-19(20)23-17(15)26/h7,9,11-14H,3,5-6,8H2,1-2,4H3,(H,24,28)(H3,20,22,23,26)/t11-,12?,13-,14+,33?/m0/s1. The van der Waals surface area contributed by atoms with E-state index >= 15 is 0 Å². The van der Waals surface area contributed by atoms with Crippen LogP contribution in [0.3, 0.4) is 0 Å². The van der Waals surface area contributed by atoms with Gasteiger partial charge < -0.3 is 19.8 Å². The first-order chi connectivity index (χ1) is 15.6. The number of carbonyl (C=O) groups excluding carboxylic acids is 1. The molecule has 0 radical (unpaired) electrons. The molecule has 0 spiro atoms. The Kier molecular flexibility index (Phi) is 6.43. The van der Waals surface area contributed by atoms with E-state index in [4.69, 9.17) is 24.3 Å². The highest BCUT2D eigenvalue weighted by Gasteiger charge is 2.44. The van der Waals surface area contributed by atoms with Crippen molar-refractivity contribution < 1.29 is 27.9 Å². The molecule has 5 atom stereocenters. The first kappa shape index (κ1) is 23.6. The van der Waals surface area contributed by atoms with Crippen LogP contribution in [0.1, 0.15) is 33.2 Å². The van der Waals surface area contributed by atoms with Crippen LogP contribution in [-0.4, -0.2) is 57.1 Å². The second-order valence-corrected chi connectivity index (χ2v) is 10.1. The summed E-state index contributed by atoms with van der Waals surface area (Å²) in [5.74, 6) is -0.912. The Labute approximate surface area is 189 Å². The Hall–Kier alpha value is -2.57. The van der Waals surface area contributed by atoms with Gasteiger partial charge in [0.05, 0.1) is 31.2 Å². The molecule has 0 amide bonds. The minimum Gasteiger partial charge on any atom is -0.462 e. The number of hydrogen-bond donors (Lipinski definition) is 3. The van der Waals surface area contributed by atoms with E-state index in [-0.39, 0.29) is 49.0 Å². The zero-order chi connectivity index (χ0) is 23.9. The van der Waals surface area contributed by atoms with Crippen LogP contribution in [0.5, 0.6) is 0 Å². The molecule has 13 nitrogen and oxygen atoms in total. The molecule has 0 aromatic carbocycles. The van der Waals surface area contributed by atoms with E-state index in [0.29, 0.717) is 12.1 Å². The number of nitrogens with two attached hydrogens (primary N) is 1. The van der Waals surface area contributed by atoms with Crippen LogP contribution in [0.2, 0.25) is 0 Å². The number of carbonyl (C=O) groups is 1. The third-order valence-corrected chi connectivity index (χ3v) is 7.22. The summed E-state index contributed by atoms with van der Waals surface area (Å²) in [6.45, 7) is 8.81. The Morgan fingerprint density at radius 3 is 2.91 bits per heavy atom. The van der Waals surface area contributed by atoms with Crippen molar-refractivity contribution in [1.29, 1.82) is 0 Å². The Morgan fingerprint density at radius 1 is 1.42 bits per heavy atom. The summed E-state index contributed by atoms with van der Waals surface area (Å²) in [6.07, 6.45) is 1.35. The number of nitrogens with zero attached hydrogens (tertiary/aromatic N) is 3. The van der Waals surface area contributed by atoms with E-state index in [0.717, 1.165) is 5.57 Å². The number of nitrogens with one attached hydrogen (secondary N) is 2. The molecule has 1 aliphatic heterocycles. The van der Waals surface area contributed by atoms with Crippen molar-refractivity contribution in [2.45, 2.75) is 51.5 Å². The molecular formula is C19H27N6O7P. The molecule has 2 fully saturated rings. The molecule has 3 heterocycles. The second kappa shape index (κ2) is 8.99. The summed E-state index contributed by atoms with van der Waals surface area (Å²) in [4.78, 5) is 35.0. The highest BCUT2D eigenvalue weighted by molar-refractivity contribution is 7.51. The van der Waals surface area contributed by atoms with Crippen LogP contribution in [0.25, 0.3) is 11.2 Å². The third kappa shape index (κ3) is 4.73. The lowest BCUT2D eigenvalue weighted by atomic mass is 10.0. The molecule has 2 unspecified atom stereocenters. The molecule has 4 N–H and O–H groups in total. The maximum Gasteiger partial charge on any atom is 0.408 e. The van der Waals surface area contributed by atoms with Crippen LogP contribution in [0.4, 0.5) is 5.95 Å². The highest BCUT2D eigenvalue weighted by atomic mass is 31.2. The lowest BCUT2D eigenvalue weighted by Gasteiger charge is -2.29. The summed E-state index contributed by atoms with van der Waals surface area (Å²) in [5, 5.41) is 2.59. The fraction of sp³-hybridized carbons (Fsp3) is 0.579. The molecule has 4 rings (SSSR count). The summed E-state index contributed by atoms with van der Waals surface area (Å²) in [5.41, 5.74) is 6.50. The SMILES string of the molecule is C=C1C2COP(=O)(N[C@@H](C)C(=O)OC(C)C)OCO[C@@H]2C[C@@H]1n1cnc2c(=O)[nH]c(N)nc21. The predicted molar refractivity (Wildman–Crippen MR) is 117 cm³/mol. The number of esters is 1. The summed E-state index contributed by atoms with van der Waals surface area (Å²) >= 11 is 0. The zero-order valence-corrected chi connectivity index (χ0v) is 19.4. The minimum atomic E-state index is -3.86.